The number of benzene rings is 2. The largest absolute Gasteiger partial charge is 0.497 e. The number of ether oxygens (including phenoxy) is 1. The molecule has 0 N–H and O–H groups in total. The van der Waals surface area contributed by atoms with Gasteiger partial charge in [-0.3, -0.25) is 4.79 Å². The summed E-state index contributed by atoms with van der Waals surface area (Å²) in [4.78, 5) is 17.8. The molecule has 2 heterocycles. The summed E-state index contributed by atoms with van der Waals surface area (Å²) in [6.07, 6.45) is 0. The van der Waals surface area contributed by atoms with Crippen molar-refractivity contribution in [2.45, 2.75) is 0 Å². The van der Waals surface area contributed by atoms with Gasteiger partial charge in [0.2, 0.25) is 0 Å². The maximum absolute atomic E-state index is 13.0. The Hall–Kier alpha value is -2.93. The Morgan fingerprint density at radius 2 is 1.81 bits per heavy atom. The van der Waals surface area contributed by atoms with E-state index in [-0.39, 0.29) is 5.91 Å². The summed E-state index contributed by atoms with van der Waals surface area (Å²) < 4.78 is 9.32. The number of hydrogen-bond donors (Lipinski definition) is 0. The number of anilines is 1. The van der Waals surface area contributed by atoms with Crippen molar-refractivity contribution < 1.29 is 9.53 Å². The number of piperazine rings is 1. The van der Waals surface area contributed by atoms with Crippen LogP contribution in [0.5, 0.6) is 5.75 Å². The smallest absolute Gasteiger partial charge is 0.268 e. The molecule has 2 aromatic carbocycles. The first-order valence-corrected chi connectivity index (χ1v) is 9.59. The number of methoxy groups -OCH3 is 1. The molecule has 0 radical (unpaired) electrons. The van der Waals surface area contributed by atoms with Gasteiger partial charge in [-0.05, 0) is 23.7 Å². The van der Waals surface area contributed by atoms with E-state index in [2.05, 4.69) is 20.6 Å². The van der Waals surface area contributed by atoms with E-state index in [1.807, 2.05) is 53.4 Å². The summed E-state index contributed by atoms with van der Waals surface area (Å²) in [5.74, 6) is 0.850. The van der Waals surface area contributed by atoms with Crippen molar-refractivity contribution in [3.63, 3.8) is 0 Å². The third-order valence-corrected chi connectivity index (χ3v) is 5.43. The first-order valence-electron chi connectivity index (χ1n) is 8.82. The Kier molecular flexibility index (Phi) is 5.02. The molecular formula is C20H20N4O2S. The van der Waals surface area contributed by atoms with E-state index in [1.165, 1.54) is 11.5 Å². The van der Waals surface area contributed by atoms with E-state index in [1.54, 1.807) is 7.11 Å². The topological polar surface area (TPSA) is 58.6 Å². The van der Waals surface area contributed by atoms with Crippen molar-refractivity contribution in [1.29, 1.82) is 0 Å². The van der Waals surface area contributed by atoms with E-state index in [9.17, 15) is 4.79 Å². The van der Waals surface area contributed by atoms with Gasteiger partial charge in [-0.15, -0.1) is 5.10 Å². The number of aromatic nitrogens is 2. The van der Waals surface area contributed by atoms with Crippen LogP contribution in [0.15, 0.2) is 54.6 Å². The van der Waals surface area contributed by atoms with Crippen molar-refractivity contribution in [2.24, 2.45) is 0 Å². The summed E-state index contributed by atoms with van der Waals surface area (Å²) in [5, 5.41) is 4.18. The van der Waals surface area contributed by atoms with E-state index in [4.69, 9.17) is 4.74 Å². The molecule has 1 amide bonds. The fraction of sp³-hybridized carbons (Fsp3) is 0.250. The van der Waals surface area contributed by atoms with Gasteiger partial charge in [0.1, 0.15) is 16.3 Å². The van der Waals surface area contributed by atoms with Gasteiger partial charge in [-0.2, -0.15) is 0 Å². The van der Waals surface area contributed by atoms with Gasteiger partial charge in [-0.25, -0.2) is 0 Å². The second-order valence-electron chi connectivity index (χ2n) is 6.30. The molecule has 3 aromatic rings. The highest BCUT2D eigenvalue weighted by molar-refractivity contribution is 7.08. The quantitative estimate of drug-likeness (QED) is 0.696. The van der Waals surface area contributed by atoms with Crippen LogP contribution in [-0.2, 0) is 0 Å². The molecule has 1 aromatic heterocycles. The molecular weight excluding hydrogens is 360 g/mol. The Labute approximate surface area is 162 Å². The lowest BCUT2D eigenvalue weighted by molar-refractivity contribution is 0.0752. The van der Waals surface area contributed by atoms with Gasteiger partial charge < -0.3 is 14.5 Å². The molecule has 138 valence electrons. The highest BCUT2D eigenvalue weighted by Crippen LogP contribution is 2.26. The predicted molar refractivity (Wildman–Crippen MR) is 106 cm³/mol. The van der Waals surface area contributed by atoms with Crippen molar-refractivity contribution in [3.05, 3.63) is 59.5 Å². The summed E-state index contributed by atoms with van der Waals surface area (Å²) >= 11 is 1.17. The molecule has 0 unspecified atom stereocenters. The van der Waals surface area contributed by atoms with Crippen LogP contribution in [0.1, 0.15) is 9.67 Å². The molecule has 1 fully saturated rings. The fourth-order valence-electron chi connectivity index (χ4n) is 3.23. The van der Waals surface area contributed by atoms with Crippen molar-refractivity contribution in [1.82, 2.24) is 14.5 Å². The van der Waals surface area contributed by atoms with Gasteiger partial charge >= 0.3 is 0 Å². The molecule has 1 aliphatic rings. The molecule has 0 spiro atoms. The molecule has 1 saturated heterocycles. The predicted octanol–water partition coefficient (Wildman–Crippen LogP) is 3.18. The Morgan fingerprint density at radius 1 is 1.04 bits per heavy atom. The number of carbonyl (C=O) groups is 1. The summed E-state index contributed by atoms with van der Waals surface area (Å²) in [5.41, 5.74) is 2.70. The zero-order valence-electron chi connectivity index (χ0n) is 15.0. The van der Waals surface area contributed by atoms with Crippen LogP contribution in [-0.4, -0.2) is 53.7 Å². The SMILES string of the molecule is COc1cccc(N2CCN(C(=O)c3snnc3-c3ccccc3)CC2)c1. The van der Waals surface area contributed by atoms with Crippen LogP contribution < -0.4 is 9.64 Å². The second kappa shape index (κ2) is 7.75. The monoisotopic (exact) mass is 380 g/mol. The zero-order chi connectivity index (χ0) is 18.6. The van der Waals surface area contributed by atoms with Crippen molar-refractivity contribution in [3.8, 4) is 17.0 Å². The minimum absolute atomic E-state index is 0.00847. The van der Waals surface area contributed by atoms with Crippen LogP contribution in [0.2, 0.25) is 0 Å². The molecule has 6 nitrogen and oxygen atoms in total. The summed E-state index contributed by atoms with van der Waals surface area (Å²) in [7, 11) is 1.67. The minimum atomic E-state index is 0.00847. The number of rotatable bonds is 4. The van der Waals surface area contributed by atoms with E-state index in [0.29, 0.717) is 23.7 Å². The number of nitrogens with zero attached hydrogens (tertiary/aromatic N) is 4. The lowest BCUT2D eigenvalue weighted by Crippen LogP contribution is -2.48. The minimum Gasteiger partial charge on any atom is -0.497 e. The highest BCUT2D eigenvalue weighted by Gasteiger charge is 2.26. The van der Waals surface area contributed by atoms with Gasteiger partial charge in [0.05, 0.1) is 7.11 Å². The van der Waals surface area contributed by atoms with Gasteiger partial charge in [-0.1, -0.05) is 40.9 Å². The van der Waals surface area contributed by atoms with Gasteiger partial charge in [0.25, 0.3) is 5.91 Å². The molecule has 27 heavy (non-hydrogen) atoms. The fourth-order valence-corrected chi connectivity index (χ4v) is 3.89. The molecule has 1 aliphatic heterocycles. The van der Waals surface area contributed by atoms with Crippen LogP contribution in [0.25, 0.3) is 11.3 Å². The van der Waals surface area contributed by atoms with Gasteiger partial charge in [0, 0.05) is 43.5 Å². The molecule has 0 atom stereocenters. The number of carbonyl (C=O) groups excluding carboxylic acids is 1. The first kappa shape index (κ1) is 17.5. The van der Waals surface area contributed by atoms with Gasteiger partial charge in [0.15, 0.2) is 0 Å². The van der Waals surface area contributed by atoms with Crippen LogP contribution in [0.4, 0.5) is 5.69 Å². The maximum atomic E-state index is 13.0. The van der Waals surface area contributed by atoms with Crippen LogP contribution >= 0.6 is 11.5 Å². The Morgan fingerprint density at radius 3 is 2.56 bits per heavy atom. The molecule has 7 heteroatoms. The third-order valence-electron chi connectivity index (χ3n) is 4.71. The lowest BCUT2D eigenvalue weighted by Gasteiger charge is -2.36. The van der Waals surface area contributed by atoms with E-state index >= 15 is 0 Å². The Balaban J connectivity index is 1.46. The second-order valence-corrected chi connectivity index (χ2v) is 7.05. The van der Waals surface area contributed by atoms with Crippen molar-refractivity contribution in [2.75, 3.05) is 38.2 Å². The number of amides is 1. The standard InChI is InChI=1S/C20H20N4O2S/c1-26-17-9-5-8-16(14-17)23-10-12-24(13-11-23)20(25)19-18(21-22-27-19)15-6-3-2-4-7-15/h2-9,14H,10-13H2,1H3. The maximum Gasteiger partial charge on any atom is 0.268 e. The highest BCUT2D eigenvalue weighted by atomic mass is 32.1. The Bertz CT molecular complexity index is 920. The molecule has 0 saturated carbocycles. The average Bonchev–Trinajstić information content (AvgIpc) is 3.24. The normalized spacial score (nSPS) is 14.3. The number of hydrogen-bond acceptors (Lipinski definition) is 6. The third kappa shape index (κ3) is 3.64. The summed E-state index contributed by atoms with van der Waals surface area (Å²) in [6.45, 7) is 2.90. The average molecular weight is 380 g/mol. The first-order chi connectivity index (χ1) is 13.3. The van der Waals surface area contributed by atoms with Crippen LogP contribution in [0, 0.1) is 0 Å². The molecule has 0 bridgehead atoms. The van der Waals surface area contributed by atoms with Crippen LogP contribution in [0.3, 0.4) is 0 Å². The van der Waals surface area contributed by atoms with E-state index in [0.717, 1.165) is 30.1 Å². The summed E-state index contributed by atoms with van der Waals surface area (Å²) in [6, 6.07) is 17.8. The van der Waals surface area contributed by atoms with Crippen molar-refractivity contribution >= 4 is 23.1 Å². The lowest BCUT2D eigenvalue weighted by atomic mass is 10.1. The van der Waals surface area contributed by atoms with E-state index < -0.39 is 0 Å². The molecule has 4 rings (SSSR count). The zero-order valence-corrected chi connectivity index (χ0v) is 15.9. The molecule has 0 aliphatic carbocycles.